The lowest BCUT2D eigenvalue weighted by atomic mass is 10.1. The van der Waals surface area contributed by atoms with E-state index in [-0.39, 0.29) is 24.8 Å². The molecular weight excluding hydrogens is 382 g/mol. The molecular formula is C23H23N3O4. The van der Waals surface area contributed by atoms with Crippen LogP contribution in [-0.4, -0.2) is 46.8 Å². The highest BCUT2D eigenvalue weighted by atomic mass is 16.6. The van der Waals surface area contributed by atoms with Crippen LogP contribution in [0.2, 0.25) is 0 Å². The monoisotopic (exact) mass is 405 g/mol. The van der Waals surface area contributed by atoms with Gasteiger partial charge in [0.05, 0.1) is 12.6 Å². The van der Waals surface area contributed by atoms with Crippen LogP contribution in [0.25, 0.3) is 10.9 Å². The van der Waals surface area contributed by atoms with Crippen molar-refractivity contribution in [2.75, 3.05) is 13.1 Å². The number of likely N-dealkylation sites (tertiary alicyclic amines) is 1. The highest BCUT2D eigenvalue weighted by Gasteiger charge is 2.34. The van der Waals surface area contributed by atoms with Crippen LogP contribution in [-0.2, 0) is 16.1 Å². The summed E-state index contributed by atoms with van der Waals surface area (Å²) < 4.78 is 5.37. The van der Waals surface area contributed by atoms with Crippen molar-refractivity contribution < 1.29 is 19.1 Å². The van der Waals surface area contributed by atoms with Crippen molar-refractivity contribution in [2.24, 2.45) is 0 Å². The predicted molar refractivity (Wildman–Crippen MR) is 112 cm³/mol. The van der Waals surface area contributed by atoms with Crippen LogP contribution in [0.4, 0.5) is 4.79 Å². The van der Waals surface area contributed by atoms with Crippen molar-refractivity contribution in [1.82, 2.24) is 15.2 Å². The molecule has 1 atom stereocenters. The van der Waals surface area contributed by atoms with Crippen molar-refractivity contribution in [3.8, 4) is 0 Å². The summed E-state index contributed by atoms with van der Waals surface area (Å²) in [5.74, 6) is -0.511. The molecule has 2 amide bonds. The number of aromatic nitrogens is 1. The second-order valence-electron chi connectivity index (χ2n) is 7.32. The number of nitrogens with zero attached hydrogens (tertiary/aromatic N) is 1. The Hall–Kier alpha value is -3.61. The molecule has 0 radical (unpaired) electrons. The number of carbonyl (C=O) groups is 3. The number of ether oxygens (including phenoxy) is 1. The number of rotatable bonds is 6. The topological polar surface area (TPSA) is 91.5 Å². The second kappa shape index (κ2) is 8.82. The van der Waals surface area contributed by atoms with Crippen LogP contribution in [0, 0.1) is 0 Å². The normalized spacial score (nSPS) is 15.9. The molecule has 0 bridgehead atoms. The van der Waals surface area contributed by atoms with Gasteiger partial charge in [0.1, 0.15) is 6.61 Å². The van der Waals surface area contributed by atoms with Crippen molar-refractivity contribution in [3.05, 3.63) is 71.9 Å². The fraction of sp³-hybridized carbons (Fsp3) is 0.261. The van der Waals surface area contributed by atoms with Gasteiger partial charge in [0.2, 0.25) is 0 Å². The minimum Gasteiger partial charge on any atom is -0.445 e. The first-order valence-electron chi connectivity index (χ1n) is 9.97. The van der Waals surface area contributed by atoms with Gasteiger partial charge in [0, 0.05) is 29.2 Å². The summed E-state index contributed by atoms with van der Waals surface area (Å²) in [6.07, 6.45) is 2.61. The third kappa shape index (κ3) is 4.35. The molecule has 2 N–H and O–H groups in total. The number of fused-ring (bicyclic) bond motifs is 1. The van der Waals surface area contributed by atoms with E-state index in [4.69, 9.17) is 4.74 Å². The zero-order chi connectivity index (χ0) is 20.9. The van der Waals surface area contributed by atoms with Gasteiger partial charge in [0.25, 0.3) is 5.91 Å². The van der Waals surface area contributed by atoms with Gasteiger partial charge in [-0.1, -0.05) is 30.3 Å². The molecule has 2 aromatic carbocycles. The Bertz CT molecular complexity index is 1060. The molecule has 1 fully saturated rings. The van der Waals surface area contributed by atoms with Gasteiger partial charge < -0.3 is 15.0 Å². The summed E-state index contributed by atoms with van der Waals surface area (Å²) in [6, 6.07) is 16.0. The van der Waals surface area contributed by atoms with E-state index in [9.17, 15) is 14.4 Å². The molecule has 1 aliphatic heterocycles. The fourth-order valence-corrected chi connectivity index (χ4v) is 3.70. The average molecular weight is 405 g/mol. The van der Waals surface area contributed by atoms with Gasteiger partial charge in [0.15, 0.2) is 5.78 Å². The fourth-order valence-electron chi connectivity index (χ4n) is 3.70. The van der Waals surface area contributed by atoms with Crippen molar-refractivity contribution in [1.29, 1.82) is 0 Å². The van der Waals surface area contributed by atoms with Crippen molar-refractivity contribution in [3.63, 3.8) is 0 Å². The van der Waals surface area contributed by atoms with Crippen LogP contribution in [0.3, 0.4) is 0 Å². The Morgan fingerprint density at radius 3 is 2.77 bits per heavy atom. The molecule has 7 heteroatoms. The van der Waals surface area contributed by atoms with Gasteiger partial charge in [-0.05, 0) is 42.7 Å². The maximum absolute atomic E-state index is 12.7. The number of aromatic amines is 1. The number of nitrogens with one attached hydrogen (secondary N) is 2. The number of amides is 2. The third-order valence-corrected chi connectivity index (χ3v) is 5.30. The first kappa shape index (κ1) is 19.7. The van der Waals surface area contributed by atoms with Crippen LogP contribution in [0.15, 0.2) is 60.8 Å². The van der Waals surface area contributed by atoms with E-state index >= 15 is 0 Å². The van der Waals surface area contributed by atoms with E-state index in [0.29, 0.717) is 18.5 Å². The lowest BCUT2D eigenvalue weighted by Gasteiger charge is -2.23. The first-order valence-corrected chi connectivity index (χ1v) is 9.97. The number of carbonyl (C=O) groups excluding carboxylic acids is 3. The maximum Gasteiger partial charge on any atom is 0.410 e. The molecule has 154 valence electrons. The molecule has 0 unspecified atom stereocenters. The summed E-state index contributed by atoms with van der Waals surface area (Å²) in [6.45, 7) is 0.509. The summed E-state index contributed by atoms with van der Waals surface area (Å²) in [7, 11) is 0. The molecule has 1 aliphatic rings. The van der Waals surface area contributed by atoms with Crippen LogP contribution < -0.4 is 5.32 Å². The molecule has 7 nitrogen and oxygen atoms in total. The highest BCUT2D eigenvalue weighted by Crippen LogP contribution is 2.20. The van der Waals surface area contributed by atoms with Crippen LogP contribution in [0.1, 0.15) is 28.8 Å². The smallest absolute Gasteiger partial charge is 0.410 e. The molecule has 0 spiro atoms. The Labute approximate surface area is 174 Å². The second-order valence-corrected chi connectivity index (χ2v) is 7.32. The summed E-state index contributed by atoms with van der Waals surface area (Å²) in [4.78, 5) is 42.1. The van der Waals surface area contributed by atoms with Crippen molar-refractivity contribution in [2.45, 2.75) is 25.5 Å². The molecule has 1 saturated heterocycles. The quantitative estimate of drug-likeness (QED) is 0.658. The molecule has 0 aliphatic carbocycles. The Balaban J connectivity index is 1.31. The van der Waals surface area contributed by atoms with Gasteiger partial charge in [-0.15, -0.1) is 0 Å². The van der Waals surface area contributed by atoms with E-state index < -0.39 is 12.1 Å². The van der Waals surface area contributed by atoms with Gasteiger partial charge in [-0.2, -0.15) is 0 Å². The number of ketones is 1. The highest BCUT2D eigenvalue weighted by molar-refractivity contribution is 6.00. The zero-order valence-corrected chi connectivity index (χ0v) is 16.5. The van der Waals surface area contributed by atoms with E-state index in [1.165, 1.54) is 4.90 Å². The van der Waals surface area contributed by atoms with Crippen molar-refractivity contribution >= 4 is 28.7 Å². The number of benzene rings is 2. The predicted octanol–water partition coefficient (Wildman–Crippen LogP) is 3.27. The number of H-pyrrole nitrogens is 1. The standard InChI is InChI=1S/C23H23N3O4/c27-21(14-25-22(28)18-8-9-19-17(13-18)10-11-24-19)20-7-4-12-26(20)23(29)30-15-16-5-2-1-3-6-16/h1-3,5-6,8-11,13,20,24H,4,7,12,14-15H2,(H,25,28)/t20-/m0/s1. The van der Waals surface area contributed by atoms with Gasteiger partial charge in [-0.3, -0.25) is 14.5 Å². The average Bonchev–Trinajstić information content (AvgIpc) is 3.45. The van der Waals surface area contributed by atoms with Gasteiger partial charge in [-0.25, -0.2) is 4.79 Å². The number of hydrogen-bond donors (Lipinski definition) is 2. The maximum atomic E-state index is 12.7. The largest absolute Gasteiger partial charge is 0.445 e. The molecule has 2 heterocycles. The Kier molecular flexibility index (Phi) is 5.79. The van der Waals surface area contributed by atoms with Crippen LogP contribution >= 0.6 is 0 Å². The first-order chi connectivity index (χ1) is 14.6. The summed E-state index contributed by atoms with van der Waals surface area (Å²) >= 11 is 0. The van der Waals surface area contributed by atoms with E-state index in [0.717, 1.165) is 22.9 Å². The van der Waals surface area contributed by atoms with E-state index in [2.05, 4.69) is 10.3 Å². The zero-order valence-electron chi connectivity index (χ0n) is 16.5. The molecule has 3 aromatic rings. The lowest BCUT2D eigenvalue weighted by Crippen LogP contribution is -2.45. The molecule has 1 aromatic heterocycles. The third-order valence-electron chi connectivity index (χ3n) is 5.30. The van der Waals surface area contributed by atoms with Gasteiger partial charge >= 0.3 is 6.09 Å². The van der Waals surface area contributed by atoms with E-state index in [1.54, 1.807) is 18.3 Å². The summed E-state index contributed by atoms with van der Waals surface area (Å²) in [5.41, 5.74) is 2.32. The molecule has 0 saturated carbocycles. The minimum atomic E-state index is -0.569. The molecule has 30 heavy (non-hydrogen) atoms. The number of hydrogen-bond acceptors (Lipinski definition) is 4. The summed E-state index contributed by atoms with van der Waals surface area (Å²) in [5, 5.41) is 3.60. The Morgan fingerprint density at radius 2 is 1.93 bits per heavy atom. The van der Waals surface area contributed by atoms with E-state index in [1.807, 2.05) is 42.5 Å². The SMILES string of the molecule is O=C(NCC(=O)[C@@H]1CCCN1C(=O)OCc1ccccc1)c1ccc2[nH]ccc2c1. The van der Waals surface area contributed by atoms with Crippen LogP contribution in [0.5, 0.6) is 0 Å². The Morgan fingerprint density at radius 1 is 1.10 bits per heavy atom. The number of Topliss-reactive ketones (excluding diaryl/α,β-unsaturated/α-hetero) is 1. The lowest BCUT2D eigenvalue weighted by molar-refractivity contribution is -0.122. The molecule has 4 rings (SSSR count). The minimum absolute atomic E-state index is 0.128.